The van der Waals surface area contributed by atoms with E-state index in [9.17, 15) is 13.2 Å². The van der Waals surface area contributed by atoms with Crippen molar-refractivity contribution in [3.8, 4) is 5.75 Å². The SMILES string of the molecule is CC(Oc1ccc(NC(=O)Cc2ccccc2Cl)cc1S(N)(=O)=O)c1ccccc1. The first kappa shape index (κ1) is 21.8. The van der Waals surface area contributed by atoms with Crippen molar-refractivity contribution in [3.05, 3.63) is 88.9 Å². The summed E-state index contributed by atoms with van der Waals surface area (Å²) in [6.07, 6.45) is -0.347. The van der Waals surface area contributed by atoms with Gasteiger partial charge in [0.25, 0.3) is 0 Å². The molecule has 0 fully saturated rings. The normalized spacial score (nSPS) is 12.2. The van der Waals surface area contributed by atoms with E-state index in [1.165, 1.54) is 12.1 Å². The van der Waals surface area contributed by atoms with Gasteiger partial charge in [-0.05, 0) is 42.3 Å². The van der Waals surface area contributed by atoms with Gasteiger partial charge in [0.05, 0.1) is 6.42 Å². The molecule has 0 saturated carbocycles. The summed E-state index contributed by atoms with van der Waals surface area (Å²) < 4.78 is 30.1. The van der Waals surface area contributed by atoms with Crippen LogP contribution in [0.5, 0.6) is 5.75 Å². The maximum absolute atomic E-state index is 12.4. The van der Waals surface area contributed by atoms with E-state index in [2.05, 4.69) is 5.32 Å². The summed E-state index contributed by atoms with van der Waals surface area (Å²) in [6, 6.07) is 20.7. The number of rotatable bonds is 7. The molecule has 0 aliphatic rings. The van der Waals surface area contributed by atoms with Crippen molar-refractivity contribution in [1.29, 1.82) is 0 Å². The number of nitrogens with one attached hydrogen (secondary N) is 1. The molecule has 0 heterocycles. The highest BCUT2D eigenvalue weighted by Gasteiger charge is 2.19. The highest BCUT2D eigenvalue weighted by atomic mass is 35.5. The third-order valence-electron chi connectivity index (χ3n) is 4.42. The number of primary sulfonamides is 1. The van der Waals surface area contributed by atoms with Crippen LogP contribution in [0.25, 0.3) is 0 Å². The summed E-state index contributed by atoms with van der Waals surface area (Å²) >= 11 is 6.08. The minimum atomic E-state index is -4.08. The molecule has 0 radical (unpaired) electrons. The number of sulfonamides is 1. The van der Waals surface area contributed by atoms with Crippen LogP contribution in [-0.4, -0.2) is 14.3 Å². The van der Waals surface area contributed by atoms with Crippen LogP contribution in [0, 0.1) is 0 Å². The molecule has 1 unspecified atom stereocenters. The number of nitrogens with two attached hydrogens (primary N) is 1. The molecule has 3 N–H and O–H groups in total. The van der Waals surface area contributed by atoms with Crippen molar-refractivity contribution in [2.24, 2.45) is 5.14 Å². The zero-order valence-electron chi connectivity index (χ0n) is 16.2. The number of anilines is 1. The van der Waals surface area contributed by atoms with Crippen LogP contribution in [0.4, 0.5) is 5.69 Å². The number of halogens is 1. The third-order valence-corrected chi connectivity index (χ3v) is 5.72. The minimum Gasteiger partial charge on any atom is -0.485 e. The molecule has 1 atom stereocenters. The van der Waals surface area contributed by atoms with Crippen LogP contribution < -0.4 is 15.2 Å². The van der Waals surface area contributed by atoms with E-state index in [4.69, 9.17) is 21.5 Å². The molecule has 0 bridgehead atoms. The van der Waals surface area contributed by atoms with Crippen molar-refractivity contribution >= 4 is 33.2 Å². The number of ether oxygens (including phenoxy) is 1. The fourth-order valence-electron chi connectivity index (χ4n) is 2.91. The molecule has 3 rings (SSSR count). The topological polar surface area (TPSA) is 98.5 Å². The fourth-order valence-corrected chi connectivity index (χ4v) is 3.80. The molecule has 1 amide bonds. The number of benzene rings is 3. The maximum atomic E-state index is 12.4. The Bertz CT molecular complexity index is 1150. The number of hydrogen-bond acceptors (Lipinski definition) is 4. The predicted octanol–water partition coefficient (Wildman–Crippen LogP) is 4.31. The van der Waals surface area contributed by atoms with Gasteiger partial charge in [-0.1, -0.05) is 60.1 Å². The van der Waals surface area contributed by atoms with E-state index in [1.807, 2.05) is 37.3 Å². The van der Waals surface area contributed by atoms with Gasteiger partial charge in [0, 0.05) is 10.7 Å². The Hall–Kier alpha value is -2.87. The van der Waals surface area contributed by atoms with Gasteiger partial charge in [-0.3, -0.25) is 4.79 Å². The molecular weight excluding hydrogens is 424 g/mol. The average molecular weight is 445 g/mol. The minimum absolute atomic E-state index is 0.0493. The van der Waals surface area contributed by atoms with Crippen LogP contribution in [0.3, 0.4) is 0 Å². The Morgan fingerprint density at radius 1 is 1.07 bits per heavy atom. The standard InChI is InChI=1S/C22H21ClN2O4S/c1-15(16-7-3-2-4-8-16)29-20-12-11-18(14-21(20)30(24,27)28)25-22(26)13-17-9-5-6-10-19(17)23/h2-12,14-15H,13H2,1H3,(H,25,26)(H2,24,27,28). The molecule has 0 aliphatic carbocycles. The first-order valence-electron chi connectivity index (χ1n) is 9.16. The van der Waals surface area contributed by atoms with E-state index in [0.717, 1.165) is 5.56 Å². The van der Waals surface area contributed by atoms with Gasteiger partial charge in [0.2, 0.25) is 15.9 Å². The Balaban J connectivity index is 1.81. The molecule has 0 spiro atoms. The third kappa shape index (κ3) is 5.60. The summed E-state index contributed by atoms with van der Waals surface area (Å²) in [6.45, 7) is 1.81. The van der Waals surface area contributed by atoms with E-state index >= 15 is 0 Å². The van der Waals surface area contributed by atoms with Crippen molar-refractivity contribution < 1.29 is 17.9 Å². The molecule has 0 aromatic heterocycles. The summed E-state index contributed by atoms with van der Waals surface area (Å²) in [5, 5.41) is 8.53. The van der Waals surface area contributed by atoms with E-state index in [-0.39, 0.29) is 28.7 Å². The van der Waals surface area contributed by atoms with Crippen LogP contribution in [-0.2, 0) is 21.2 Å². The van der Waals surface area contributed by atoms with Crippen molar-refractivity contribution in [2.45, 2.75) is 24.3 Å². The van der Waals surface area contributed by atoms with Crippen LogP contribution in [0.2, 0.25) is 5.02 Å². The predicted molar refractivity (Wildman–Crippen MR) is 117 cm³/mol. The number of carbonyl (C=O) groups is 1. The van der Waals surface area contributed by atoms with Gasteiger partial charge in [-0.2, -0.15) is 0 Å². The molecule has 156 valence electrons. The summed E-state index contributed by atoms with van der Waals surface area (Å²) in [7, 11) is -4.08. The Kier molecular flexibility index (Phi) is 6.77. The first-order valence-corrected chi connectivity index (χ1v) is 11.1. The summed E-state index contributed by atoms with van der Waals surface area (Å²) in [4.78, 5) is 12.2. The van der Waals surface area contributed by atoms with Crippen LogP contribution in [0.15, 0.2) is 77.7 Å². The van der Waals surface area contributed by atoms with Gasteiger partial charge in [-0.15, -0.1) is 0 Å². The highest BCUT2D eigenvalue weighted by Crippen LogP contribution is 2.30. The number of hydrogen-bond donors (Lipinski definition) is 2. The van der Waals surface area contributed by atoms with Crippen molar-refractivity contribution in [2.75, 3.05) is 5.32 Å². The van der Waals surface area contributed by atoms with Crippen molar-refractivity contribution in [1.82, 2.24) is 0 Å². The van der Waals surface area contributed by atoms with Gasteiger partial charge in [0.1, 0.15) is 16.7 Å². The molecule has 3 aromatic rings. The van der Waals surface area contributed by atoms with E-state index < -0.39 is 16.1 Å². The molecular formula is C22H21ClN2O4S. The number of amides is 1. The lowest BCUT2D eigenvalue weighted by molar-refractivity contribution is -0.115. The summed E-state index contributed by atoms with van der Waals surface area (Å²) in [5.41, 5.74) is 1.84. The lowest BCUT2D eigenvalue weighted by Gasteiger charge is -2.18. The molecule has 30 heavy (non-hydrogen) atoms. The second-order valence-electron chi connectivity index (χ2n) is 6.69. The second kappa shape index (κ2) is 9.30. The molecule has 0 saturated heterocycles. The average Bonchev–Trinajstić information content (AvgIpc) is 2.70. The van der Waals surface area contributed by atoms with Gasteiger partial charge in [0.15, 0.2) is 0 Å². The monoisotopic (exact) mass is 444 g/mol. The maximum Gasteiger partial charge on any atom is 0.241 e. The zero-order chi connectivity index (χ0) is 21.7. The van der Waals surface area contributed by atoms with Gasteiger partial charge < -0.3 is 10.1 Å². The number of carbonyl (C=O) groups excluding carboxylic acids is 1. The summed E-state index contributed by atoms with van der Waals surface area (Å²) in [5.74, 6) is -0.229. The van der Waals surface area contributed by atoms with E-state index in [0.29, 0.717) is 10.6 Å². The Morgan fingerprint density at radius 3 is 2.40 bits per heavy atom. The molecule has 6 nitrogen and oxygen atoms in total. The van der Waals surface area contributed by atoms with E-state index in [1.54, 1.807) is 30.3 Å². The van der Waals surface area contributed by atoms with Crippen LogP contribution >= 0.6 is 11.6 Å². The first-order chi connectivity index (χ1) is 14.2. The second-order valence-corrected chi connectivity index (χ2v) is 8.63. The Labute approximate surface area is 180 Å². The van der Waals surface area contributed by atoms with Crippen LogP contribution in [0.1, 0.15) is 24.2 Å². The lowest BCUT2D eigenvalue weighted by atomic mass is 10.1. The van der Waals surface area contributed by atoms with Crippen molar-refractivity contribution in [3.63, 3.8) is 0 Å². The Morgan fingerprint density at radius 2 is 1.73 bits per heavy atom. The molecule has 3 aromatic carbocycles. The molecule has 0 aliphatic heterocycles. The fraction of sp³-hybridized carbons (Fsp3) is 0.136. The largest absolute Gasteiger partial charge is 0.485 e. The lowest BCUT2D eigenvalue weighted by Crippen LogP contribution is -2.17. The quantitative estimate of drug-likeness (QED) is 0.567. The van der Waals surface area contributed by atoms with Gasteiger partial charge >= 0.3 is 0 Å². The molecule has 8 heteroatoms. The van der Waals surface area contributed by atoms with Gasteiger partial charge in [-0.25, -0.2) is 13.6 Å². The smallest absolute Gasteiger partial charge is 0.241 e. The zero-order valence-corrected chi connectivity index (χ0v) is 17.8. The highest BCUT2D eigenvalue weighted by molar-refractivity contribution is 7.89.